The smallest absolute Gasteiger partial charge is 0.252 e. The zero-order chi connectivity index (χ0) is 26.8. The van der Waals surface area contributed by atoms with Crippen molar-refractivity contribution in [3.05, 3.63) is 54.5 Å². The average Bonchev–Trinajstić information content (AvgIpc) is 3.43. The number of nitrogens with zero attached hydrogens (tertiary/aromatic N) is 5. The van der Waals surface area contributed by atoms with Crippen molar-refractivity contribution in [2.24, 2.45) is 0 Å². The van der Waals surface area contributed by atoms with E-state index in [1.165, 1.54) is 6.33 Å². The summed E-state index contributed by atoms with van der Waals surface area (Å²) in [6.07, 6.45) is 5.77. The van der Waals surface area contributed by atoms with Crippen molar-refractivity contribution in [2.45, 2.75) is 61.9 Å². The van der Waals surface area contributed by atoms with Crippen molar-refractivity contribution >= 4 is 17.2 Å². The van der Waals surface area contributed by atoms with Gasteiger partial charge in [-0.3, -0.25) is 9.48 Å². The molecule has 1 saturated heterocycles. The minimum atomic E-state index is -2.67. The summed E-state index contributed by atoms with van der Waals surface area (Å²) < 4.78 is 36.0. The molecule has 7 rings (SSSR count). The van der Waals surface area contributed by atoms with Gasteiger partial charge in [0.15, 0.2) is 5.82 Å². The molecular weight excluding hydrogens is 504 g/mol. The second-order valence-corrected chi connectivity index (χ2v) is 11.0. The van der Waals surface area contributed by atoms with E-state index >= 15 is 0 Å². The highest BCUT2D eigenvalue weighted by molar-refractivity contribution is 5.93. The molecule has 3 aliphatic rings. The molecule has 202 valence electrons. The summed E-state index contributed by atoms with van der Waals surface area (Å²) in [5.41, 5.74) is 10.8. The molecule has 11 heteroatoms. The van der Waals surface area contributed by atoms with Gasteiger partial charge in [0.1, 0.15) is 11.8 Å². The van der Waals surface area contributed by atoms with Crippen LogP contribution in [0, 0.1) is 0 Å². The predicted molar refractivity (Wildman–Crippen MR) is 140 cm³/mol. The summed E-state index contributed by atoms with van der Waals surface area (Å²) in [5.74, 6) is -2.49. The summed E-state index contributed by atoms with van der Waals surface area (Å²) in [5, 5.41) is 12.0. The number of anilines is 1. The van der Waals surface area contributed by atoms with E-state index in [1.54, 1.807) is 10.7 Å². The lowest BCUT2D eigenvalue weighted by molar-refractivity contribution is -0.131. The molecule has 2 aliphatic carbocycles. The number of halogens is 2. The Morgan fingerprint density at radius 2 is 1.87 bits per heavy atom. The van der Waals surface area contributed by atoms with Gasteiger partial charge in [-0.25, -0.2) is 18.3 Å². The van der Waals surface area contributed by atoms with Crippen LogP contribution in [0.3, 0.4) is 0 Å². The molecule has 9 nitrogen and oxygen atoms in total. The predicted octanol–water partition coefficient (Wildman–Crippen LogP) is 4.14. The molecule has 4 heterocycles. The van der Waals surface area contributed by atoms with Crippen LogP contribution in [-0.2, 0) is 14.9 Å². The number of carbonyl (C=O) groups excluding carboxylic acids is 1. The standard InChI is InChI=1S/C28H29F2N7O2/c29-28(30)14-19(15-28)35-26(38)27(7-8-27)18-3-1-2-17(12-18)23-13-21(24-25(31)32-16-34-37(23)24)22-4-9-33-36(22)20-5-10-39-11-6-20/h1-4,9,12-13,16,19-20H,5-8,10-11,14-15H2,(H,35,38)(H2,31,32,34). The van der Waals surface area contributed by atoms with Crippen LogP contribution in [0.15, 0.2) is 48.9 Å². The molecule has 3 aromatic heterocycles. The van der Waals surface area contributed by atoms with Crippen LogP contribution in [0.5, 0.6) is 0 Å². The van der Waals surface area contributed by atoms with E-state index in [-0.39, 0.29) is 24.8 Å². The summed E-state index contributed by atoms with van der Waals surface area (Å²) >= 11 is 0. The Morgan fingerprint density at radius 1 is 1.08 bits per heavy atom. The van der Waals surface area contributed by atoms with E-state index in [1.807, 2.05) is 41.1 Å². The molecule has 0 bridgehead atoms. The van der Waals surface area contributed by atoms with Gasteiger partial charge in [-0.2, -0.15) is 10.2 Å². The Hall–Kier alpha value is -3.86. The van der Waals surface area contributed by atoms with Gasteiger partial charge >= 0.3 is 0 Å². The van der Waals surface area contributed by atoms with Gasteiger partial charge in [-0.15, -0.1) is 0 Å². The third kappa shape index (κ3) is 4.07. The number of hydrogen-bond acceptors (Lipinski definition) is 6. The number of nitrogen functional groups attached to an aromatic ring is 1. The minimum Gasteiger partial charge on any atom is -0.382 e. The van der Waals surface area contributed by atoms with E-state index in [4.69, 9.17) is 10.5 Å². The number of amides is 1. The molecule has 4 aromatic rings. The molecular formula is C28H29F2N7O2. The number of aromatic nitrogens is 5. The van der Waals surface area contributed by atoms with E-state index in [0.29, 0.717) is 37.4 Å². The zero-order valence-corrected chi connectivity index (χ0v) is 21.3. The highest BCUT2D eigenvalue weighted by Gasteiger charge is 2.54. The van der Waals surface area contributed by atoms with Crippen molar-refractivity contribution in [3.8, 4) is 22.5 Å². The lowest BCUT2D eigenvalue weighted by atomic mass is 9.86. The summed E-state index contributed by atoms with van der Waals surface area (Å²) in [6.45, 7) is 1.39. The molecule has 1 amide bonds. The van der Waals surface area contributed by atoms with Gasteiger partial charge < -0.3 is 15.8 Å². The van der Waals surface area contributed by atoms with Crippen LogP contribution in [-0.4, -0.2) is 55.5 Å². The minimum absolute atomic E-state index is 0.173. The van der Waals surface area contributed by atoms with Crippen LogP contribution < -0.4 is 11.1 Å². The molecule has 0 radical (unpaired) electrons. The maximum absolute atomic E-state index is 13.3. The first-order valence-electron chi connectivity index (χ1n) is 13.4. The quantitative estimate of drug-likeness (QED) is 0.385. The molecule has 0 spiro atoms. The van der Waals surface area contributed by atoms with Gasteiger partial charge in [-0.1, -0.05) is 18.2 Å². The first kappa shape index (κ1) is 24.2. The van der Waals surface area contributed by atoms with Crippen molar-refractivity contribution in [2.75, 3.05) is 18.9 Å². The van der Waals surface area contributed by atoms with E-state index < -0.39 is 17.4 Å². The van der Waals surface area contributed by atoms with E-state index in [2.05, 4.69) is 20.5 Å². The molecule has 0 unspecified atom stereocenters. The van der Waals surface area contributed by atoms with Crippen LogP contribution in [0.2, 0.25) is 0 Å². The van der Waals surface area contributed by atoms with Gasteiger partial charge in [-0.05, 0) is 49.4 Å². The van der Waals surface area contributed by atoms with Gasteiger partial charge in [0.05, 0.1) is 22.8 Å². The van der Waals surface area contributed by atoms with Crippen molar-refractivity contribution in [1.82, 2.24) is 29.7 Å². The number of fused-ring (bicyclic) bond motifs is 1. The highest BCUT2D eigenvalue weighted by Crippen LogP contribution is 2.50. The summed E-state index contributed by atoms with van der Waals surface area (Å²) in [6, 6.07) is 11.6. The van der Waals surface area contributed by atoms with Crippen LogP contribution in [0.25, 0.3) is 28.0 Å². The first-order chi connectivity index (χ1) is 18.8. The number of alkyl halides is 2. The first-order valence-corrected chi connectivity index (χ1v) is 13.4. The van der Waals surface area contributed by atoms with Crippen molar-refractivity contribution < 1.29 is 18.3 Å². The molecule has 3 fully saturated rings. The molecule has 1 aromatic carbocycles. The van der Waals surface area contributed by atoms with Gasteiger partial charge in [0.25, 0.3) is 5.92 Å². The summed E-state index contributed by atoms with van der Waals surface area (Å²) in [7, 11) is 0. The zero-order valence-electron chi connectivity index (χ0n) is 21.3. The molecule has 39 heavy (non-hydrogen) atoms. The fourth-order valence-electron chi connectivity index (χ4n) is 6.05. The second kappa shape index (κ2) is 8.84. The highest BCUT2D eigenvalue weighted by atomic mass is 19.3. The second-order valence-electron chi connectivity index (χ2n) is 11.0. The number of ether oxygens (including phenoxy) is 1. The Balaban J connectivity index is 1.26. The topological polar surface area (TPSA) is 112 Å². The number of nitrogens with two attached hydrogens (primary N) is 1. The van der Waals surface area contributed by atoms with Gasteiger partial charge in [0.2, 0.25) is 5.91 Å². The largest absolute Gasteiger partial charge is 0.382 e. The Morgan fingerprint density at radius 3 is 2.62 bits per heavy atom. The van der Waals surface area contributed by atoms with E-state index in [9.17, 15) is 13.6 Å². The van der Waals surface area contributed by atoms with Crippen LogP contribution in [0.1, 0.15) is 50.1 Å². The number of rotatable bonds is 6. The maximum atomic E-state index is 13.3. The lowest BCUT2D eigenvalue weighted by Gasteiger charge is -2.36. The third-order valence-corrected chi connectivity index (χ3v) is 8.39. The normalized spacial score (nSPS) is 20.6. The molecule has 1 aliphatic heterocycles. The van der Waals surface area contributed by atoms with Crippen LogP contribution in [0.4, 0.5) is 14.6 Å². The average molecular weight is 534 g/mol. The number of carbonyl (C=O) groups is 1. The van der Waals surface area contributed by atoms with Crippen molar-refractivity contribution in [3.63, 3.8) is 0 Å². The Bertz CT molecular complexity index is 1560. The van der Waals surface area contributed by atoms with Crippen LogP contribution >= 0.6 is 0 Å². The van der Waals surface area contributed by atoms with E-state index in [0.717, 1.165) is 40.9 Å². The number of benzene rings is 1. The molecule has 0 atom stereocenters. The fourth-order valence-corrected chi connectivity index (χ4v) is 6.05. The van der Waals surface area contributed by atoms with Crippen molar-refractivity contribution in [1.29, 1.82) is 0 Å². The Labute approximate surface area is 223 Å². The third-order valence-electron chi connectivity index (χ3n) is 8.39. The molecule has 3 N–H and O–H groups in total. The van der Waals surface area contributed by atoms with Gasteiger partial charge in [0, 0.05) is 49.4 Å². The monoisotopic (exact) mass is 533 g/mol. The molecule has 2 saturated carbocycles. The fraction of sp³-hybridized carbons (Fsp3) is 0.429. The maximum Gasteiger partial charge on any atom is 0.252 e. The lowest BCUT2D eigenvalue weighted by Crippen LogP contribution is -2.52. The number of hydrogen-bond donors (Lipinski definition) is 2. The Kier molecular flexibility index (Phi) is 5.48. The SMILES string of the molecule is Nc1ncnn2c(-c3cccc(C4(C(=O)NC5CC(F)(F)C5)CC4)c3)cc(-c3ccnn3C3CCOCC3)c12. The number of nitrogens with one attached hydrogen (secondary N) is 1. The summed E-state index contributed by atoms with van der Waals surface area (Å²) in [4.78, 5) is 17.4.